The van der Waals surface area contributed by atoms with E-state index in [4.69, 9.17) is 16.6 Å². The number of rotatable bonds is 6. The zero-order valence-electron chi connectivity index (χ0n) is 11.4. The summed E-state index contributed by atoms with van der Waals surface area (Å²) in [6.45, 7) is 5.33. The average Bonchev–Trinajstić information content (AvgIpc) is 2.86. The van der Waals surface area contributed by atoms with Crippen LogP contribution in [0.1, 0.15) is 38.2 Å². The van der Waals surface area contributed by atoms with Crippen molar-refractivity contribution in [2.75, 3.05) is 5.88 Å². The van der Waals surface area contributed by atoms with Gasteiger partial charge in [-0.05, 0) is 12.8 Å². The number of unbranched alkanes of at least 4 members (excludes halogenated alkanes) is 1. The minimum Gasteiger partial charge on any atom is -0.313 e. The van der Waals surface area contributed by atoms with Gasteiger partial charge in [0, 0.05) is 25.9 Å². The van der Waals surface area contributed by atoms with Crippen molar-refractivity contribution in [1.82, 2.24) is 19.3 Å². The Labute approximate surface area is 113 Å². The van der Waals surface area contributed by atoms with Gasteiger partial charge in [-0.25, -0.2) is 4.98 Å². The molecule has 0 saturated heterocycles. The van der Waals surface area contributed by atoms with E-state index in [2.05, 4.69) is 23.5 Å². The van der Waals surface area contributed by atoms with Crippen LogP contribution in [0.25, 0.3) is 11.2 Å². The van der Waals surface area contributed by atoms with Crippen molar-refractivity contribution in [1.29, 1.82) is 0 Å². The monoisotopic (exact) mass is 268 g/mol. The van der Waals surface area contributed by atoms with Crippen LogP contribution in [0.3, 0.4) is 0 Å². The number of aromatic nitrogens is 4. The van der Waals surface area contributed by atoms with Gasteiger partial charge in [0.15, 0.2) is 5.65 Å². The summed E-state index contributed by atoms with van der Waals surface area (Å²) in [6, 6.07) is 0. The van der Waals surface area contributed by atoms with E-state index < -0.39 is 0 Å². The third kappa shape index (κ3) is 2.26. The van der Waals surface area contributed by atoms with Crippen molar-refractivity contribution in [2.24, 2.45) is 7.05 Å². The van der Waals surface area contributed by atoms with Crippen LogP contribution in [0.5, 0.6) is 0 Å². The van der Waals surface area contributed by atoms with Crippen molar-refractivity contribution in [3.8, 4) is 0 Å². The number of hydrogen-bond acceptors (Lipinski definition) is 2. The summed E-state index contributed by atoms with van der Waals surface area (Å²) >= 11 is 5.87. The van der Waals surface area contributed by atoms with E-state index in [0.717, 1.165) is 48.5 Å². The summed E-state index contributed by atoms with van der Waals surface area (Å²) in [6.07, 6.45) is 4.08. The van der Waals surface area contributed by atoms with E-state index in [0.29, 0.717) is 5.88 Å². The fraction of sp³-hybridized carbons (Fsp3) is 0.692. The summed E-state index contributed by atoms with van der Waals surface area (Å²) < 4.78 is 4.24. The standard InChI is InChI=1S/C13H21ClN4/c1-4-6-9-18-11(7-8-14)15-12-10(5-2)16-17(3)13(12)18/h4-9H2,1-3H3. The Balaban J connectivity index is 2.53. The molecule has 0 aliphatic heterocycles. The van der Waals surface area contributed by atoms with Crippen molar-refractivity contribution in [3.05, 3.63) is 11.5 Å². The molecule has 0 amide bonds. The van der Waals surface area contributed by atoms with E-state index in [1.807, 2.05) is 11.7 Å². The van der Waals surface area contributed by atoms with Gasteiger partial charge < -0.3 is 4.57 Å². The molecule has 0 aromatic carbocycles. The number of aryl methyl sites for hydroxylation is 4. The molecule has 2 heterocycles. The smallest absolute Gasteiger partial charge is 0.158 e. The highest BCUT2D eigenvalue weighted by atomic mass is 35.5. The second-order valence-electron chi connectivity index (χ2n) is 4.57. The van der Waals surface area contributed by atoms with Crippen LogP contribution in [0, 0.1) is 0 Å². The minimum atomic E-state index is 0.615. The van der Waals surface area contributed by atoms with Crippen molar-refractivity contribution >= 4 is 22.8 Å². The number of nitrogens with zero attached hydrogens (tertiary/aromatic N) is 4. The zero-order valence-corrected chi connectivity index (χ0v) is 12.2. The predicted molar refractivity (Wildman–Crippen MR) is 75.2 cm³/mol. The van der Waals surface area contributed by atoms with E-state index in [1.54, 1.807) is 0 Å². The fourth-order valence-corrected chi connectivity index (χ4v) is 2.52. The number of hydrogen-bond donors (Lipinski definition) is 0. The molecule has 0 saturated carbocycles. The molecule has 4 nitrogen and oxygen atoms in total. The van der Waals surface area contributed by atoms with Crippen LogP contribution in [0.2, 0.25) is 0 Å². The second-order valence-corrected chi connectivity index (χ2v) is 4.95. The normalized spacial score (nSPS) is 11.6. The van der Waals surface area contributed by atoms with E-state index in [-0.39, 0.29) is 0 Å². The summed E-state index contributed by atoms with van der Waals surface area (Å²) in [7, 11) is 2.00. The second kappa shape index (κ2) is 5.74. The van der Waals surface area contributed by atoms with Gasteiger partial charge in [0.2, 0.25) is 0 Å². The van der Waals surface area contributed by atoms with E-state index >= 15 is 0 Å². The number of fused-ring (bicyclic) bond motifs is 1. The molecular formula is C13H21ClN4. The highest BCUT2D eigenvalue weighted by molar-refractivity contribution is 6.17. The van der Waals surface area contributed by atoms with Gasteiger partial charge >= 0.3 is 0 Å². The molecule has 0 fully saturated rings. The Morgan fingerprint density at radius 2 is 2.06 bits per heavy atom. The first-order valence-corrected chi connectivity index (χ1v) is 7.23. The molecule has 2 aromatic heterocycles. The first kappa shape index (κ1) is 13.4. The first-order chi connectivity index (χ1) is 8.72. The lowest BCUT2D eigenvalue weighted by atomic mass is 10.3. The van der Waals surface area contributed by atoms with Gasteiger partial charge in [0.25, 0.3) is 0 Å². The maximum atomic E-state index is 5.87. The lowest BCUT2D eigenvalue weighted by Gasteiger charge is -2.07. The third-order valence-corrected chi connectivity index (χ3v) is 3.45. The van der Waals surface area contributed by atoms with Crippen LogP contribution < -0.4 is 0 Å². The van der Waals surface area contributed by atoms with E-state index in [9.17, 15) is 0 Å². The summed E-state index contributed by atoms with van der Waals surface area (Å²) in [5.74, 6) is 1.71. The molecule has 0 N–H and O–H groups in total. The summed E-state index contributed by atoms with van der Waals surface area (Å²) in [5, 5.41) is 4.54. The molecule has 0 bridgehead atoms. The van der Waals surface area contributed by atoms with Crippen molar-refractivity contribution < 1.29 is 0 Å². The Morgan fingerprint density at radius 1 is 1.28 bits per heavy atom. The lowest BCUT2D eigenvalue weighted by molar-refractivity contribution is 0.600. The quantitative estimate of drug-likeness (QED) is 0.755. The SMILES string of the molecule is CCCCn1c(CCCl)nc2c(CC)nn(C)c21. The van der Waals surface area contributed by atoms with Crippen LogP contribution in [-0.4, -0.2) is 25.2 Å². The largest absolute Gasteiger partial charge is 0.313 e. The van der Waals surface area contributed by atoms with Gasteiger partial charge in [-0.15, -0.1) is 11.6 Å². The molecule has 0 spiro atoms. The van der Waals surface area contributed by atoms with Crippen LogP contribution in [0.4, 0.5) is 0 Å². The molecule has 0 unspecified atom stereocenters. The van der Waals surface area contributed by atoms with Crippen LogP contribution in [0.15, 0.2) is 0 Å². The first-order valence-electron chi connectivity index (χ1n) is 6.69. The molecule has 100 valence electrons. The van der Waals surface area contributed by atoms with Crippen LogP contribution in [-0.2, 0) is 26.4 Å². The fourth-order valence-electron chi connectivity index (χ4n) is 2.35. The lowest BCUT2D eigenvalue weighted by Crippen LogP contribution is -2.08. The third-order valence-electron chi connectivity index (χ3n) is 3.26. The molecule has 0 aliphatic carbocycles. The van der Waals surface area contributed by atoms with E-state index in [1.165, 1.54) is 6.42 Å². The van der Waals surface area contributed by atoms with Gasteiger partial charge in [0.05, 0.1) is 5.69 Å². The Bertz CT molecular complexity index is 527. The predicted octanol–water partition coefficient (Wildman–Crippen LogP) is 2.91. The Morgan fingerprint density at radius 3 is 2.67 bits per heavy atom. The molecule has 0 atom stereocenters. The molecule has 0 aliphatic rings. The number of imidazole rings is 1. The Hall–Kier alpha value is -1.03. The highest BCUT2D eigenvalue weighted by Crippen LogP contribution is 2.21. The molecule has 5 heteroatoms. The zero-order chi connectivity index (χ0) is 13.1. The highest BCUT2D eigenvalue weighted by Gasteiger charge is 2.17. The van der Waals surface area contributed by atoms with Crippen molar-refractivity contribution in [3.63, 3.8) is 0 Å². The molecule has 2 aromatic rings. The summed E-state index contributed by atoms with van der Waals surface area (Å²) in [5.41, 5.74) is 3.27. The van der Waals surface area contributed by atoms with Crippen molar-refractivity contribution in [2.45, 2.75) is 46.1 Å². The average molecular weight is 269 g/mol. The molecule has 0 radical (unpaired) electrons. The number of halogens is 1. The van der Waals surface area contributed by atoms with Gasteiger partial charge in [0.1, 0.15) is 11.3 Å². The topological polar surface area (TPSA) is 35.6 Å². The maximum absolute atomic E-state index is 5.87. The van der Waals surface area contributed by atoms with Gasteiger partial charge in [-0.1, -0.05) is 20.3 Å². The van der Waals surface area contributed by atoms with Gasteiger partial charge in [-0.2, -0.15) is 5.10 Å². The summed E-state index contributed by atoms with van der Waals surface area (Å²) in [4.78, 5) is 4.74. The van der Waals surface area contributed by atoms with Gasteiger partial charge in [-0.3, -0.25) is 4.68 Å². The van der Waals surface area contributed by atoms with Crippen LogP contribution >= 0.6 is 11.6 Å². The molecule has 18 heavy (non-hydrogen) atoms. The Kier molecular flexibility index (Phi) is 4.27. The number of alkyl halides is 1. The molecular weight excluding hydrogens is 248 g/mol. The maximum Gasteiger partial charge on any atom is 0.158 e. The molecule has 2 rings (SSSR count). The minimum absolute atomic E-state index is 0.615.